The van der Waals surface area contributed by atoms with E-state index >= 15 is 0 Å². The van der Waals surface area contributed by atoms with Crippen LogP contribution in [0.5, 0.6) is 5.75 Å². The first kappa shape index (κ1) is 16.6. The second kappa shape index (κ2) is 8.60. The molecule has 0 spiro atoms. The summed E-state index contributed by atoms with van der Waals surface area (Å²) in [4.78, 5) is 0. The molecule has 0 heterocycles. The van der Waals surface area contributed by atoms with Crippen LogP contribution in [0.3, 0.4) is 0 Å². The first-order valence-electron chi connectivity index (χ1n) is 8.08. The molecule has 118 valence electrons. The van der Waals surface area contributed by atoms with Gasteiger partial charge in [-0.1, -0.05) is 62.4 Å². The van der Waals surface area contributed by atoms with Gasteiger partial charge in [0.25, 0.3) is 0 Å². The molecule has 0 amide bonds. The van der Waals surface area contributed by atoms with Crippen molar-refractivity contribution in [3.63, 3.8) is 0 Å². The molecule has 1 unspecified atom stereocenters. The molecule has 0 saturated carbocycles. The molecular weight excluding hydrogens is 270 g/mol. The highest BCUT2D eigenvalue weighted by molar-refractivity contribution is 5.33. The van der Waals surface area contributed by atoms with Crippen molar-refractivity contribution in [2.75, 3.05) is 13.7 Å². The van der Waals surface area contributed by atoms with E-state index in [0.717, 1.165) is 25.1 Å². The minimum absolute atomic E-state index is 0.510. The average Bonchev–Trinajstić information content (AvgIpc) is 2.54. The van der Waals surface area contributed by atoms with Crippen LogP contribution >= 0.6 is 0 Å². The van der Waals surface area contributed by atoms with E-state index in [1.54, 1.807) is 7.11 Å². The highest BCUT2D eigenvalue weighted by Crippen LogP contribution is 2.22. The van der Waals surface area contributed by atoms with Crippen LogP contribution in [0, 0.1) is 5.92 Å². The molecule has 2 aromatic rings. The fraction of sp³-hybridized carbons (Fsp3) is 0.400. The normalized spacial score (nSPS) is 12.4. The van der Waals surface area contributed by atoms with Crippen molar-refractivity contribution in [1.29, 1.82) is 0 Å². The Labute approximate surface area is 134 Å². The molecule has 22 heavy (non-hydrogen) atoms. The van der Waals surface area contributed by atoms with Gasteiger partial charge in [0.15, 0.2) is 0 Å². The number of hydrogen-bond acceptors (Lipinski definition) is 2. The summed E-state index contributed by atoms with van der Waals surface area (Å²) in [6.45, 7) is 5.41. The maximum absolute atomic E-state index is 5.50. The number of nitrogens with one attached hydrogen (secondary N) is 1. The van der Waals surface area contributed by atoms with Crippen molar-refractivity contribution in [3.05, 3.63) is 65.7 Å². The van der Waals surface area contributed by atoms with Gasteiger partial charge >= 0.3 is 0 Å². The van der Waals surface area contributed by atoms with Gasteiger partial charge in [-0.15, -0.1) is 0 Å². The van der Waals surface area contributed by atoms with Crippen LogP contribution in [0.15, 0.2) is 54.6 Å². The molecule has 0 aliphatic rings. The monoisotopic (exact) mass is 297 g/mol. The van der Waals surface area contributed by atoms with Crippen LogP contribution in [0.25, 0.3) is 0 Å². The van der Waals surface area contributed by atoms with Gasteiger partial charge in [-0.3, -0.25) is 0 Å². The summed E-state index contributed by atoms with van der Waals surface area (Å²) in [7, 11) is 1.75. The van der Waals surface area contributed by atoms with Crippen molar-refractivity contribution in [2.24, 2.45) is 5.92 Å². The molecule has 2 heteroatoms. The standard InChI is InChI=1S/C20H27NO/c1-16(2)21-15-18(13-17-9-5-4-6-10-17)14-19-11-7-8-12-20(19)22-3/h4-12,16,18,21H,13-15H2,1-3H3. The van der Waals surface area contributed by atoms with Crippen LogP contribution in [0.1, 0.15) is 25.0 Å². The molecule has 0 aromatic heterocycles. The van der Waals surface area contributed by atoms with Gasteiger partial charge in [0.05, 0.1) is 7.11 Å². The van der Waals surface area contributed by atoms with E-state index < -0.39 is 0 Å². The van der Waals surface area contributed by atoms with Crippen LogP contribution in [0.4, 0.5) is 0 Å². The smallest absolute Gasteiger partial charge is 0.122 e. The zero-order valence-corrected chi connectivity index (χ0v) is 13.9. The lowest BCUT2D eigenvalue weighted by Crippen LogP contribution is -2.31. The van der Waals surface area contributed by atoms with Crippen molar-refractivity contribution in [1.82, 2.24) is 5.32 Å². The number of para-hydroxylation sites is 1. The molecule has 0 aliphatic heterocycles. The second-order valence-corrected chi connectivity index (χ2v) is 6.13. The van der Waals surface area contributed by atoms with Gasteiger partial charge in [0, 0.05) is 6.04 Å². The van der Waals surface area contributed by atoms with E-state index in [2.05, 4.69) is 61.6 Å². The van der Waals surface area contributed by atoms with Gasteiger partial charge in [0.2, 0.25) is 0 Å². The van der Waals surface area contributed by atoms with E-state index in [1.807, 2.05) is 12.1 Å². The third kappa shape index (κ3) is 5.19. The Morgan fingerprint density at radius 2 is 1.59 bits per heavy atom. The van der Waals surface area contributed by atoms with E-state index in [1.165, 1.54) is 11.1 Å². The Morgan fingerprint density at radius 1 is 0.909 bits per heavy atom. The average molecular weight is 297 g/mol. The van der Waals surface area contributed by atoms with Gasteiger partial charge in [-0.2, -0.15) is 0 Å². The van der Waals surface area contributed by atoms with Crippen molar-refractivity contribution in [3.8, 4) is 5.75 Å². The Morgan fingerprint density at radius 3 is 2.27 bits per heavy atom. The molecular formula is C20H27NO. The highest BCUT2D eigenvalue weighted by Gasteiger charge is 2.14. The fourth-order valence-electron chi connectivity index (χ4n) is 2.75. The van der Waals surface area contributed by atoms with Gasteiger partial charge in [-0.25, -0.2) is 0 Å². The molecule has 0 radical (unpaired) electrons. The summed E-state index contributed by atoms with van der Waals surface area (Å²) in [5.74, 6) is 1.55. The number of methoxy groups -OCH3 is 1. The summed E-state index contributed by atoms with van der Waals surface area (Å²) < 4.78 is 5.50. The minimum Gasteiger partial charge on any atom is -0.496 e. The Hall–Kier alpha value is -1.80. The largest absolute Gasteiger partial charge is 0.496 e. The maximum atomic E-state index is 5.50. The second-order valence-electron chi connectivity index (χ2n) is 6.13. The van der Waals surface area contributed by atoms with E-state index in [4.69, 9.17) is 4.74 Å². The van der Waals surface area contributed by atoms with Crippen LogP contribution in [-0.4, -0.2) is 19.7 Å². The minimum atomic E-state index is 0.510. The van der Waals surface area contributed by atoms with E-state index in [9.17, 15) is 0 Å². The molecule has 2 aromatic carbocycles. The lowest BCUT2D eigenvalue weighted by Gasteiger charge is -2.20. The maximum Gasteiger partial charge on any atom is 0.122 e. The SMILES string of the molecule is COc1ccccc1CC(CNC(C)C)Cc1ccccc1. The summed E-state index contributed by atoms with van der Waals surface area (Å²) in [5.41, 5.74) is 2.68. The molecule has 0 saturated heterocycles. The number of benzene rings is 2. The first-order valence-corrected chi connectivity index (χ1v) is 8.08. The molecule has 2 rings (SSSR count). The van der Waals surface area contributed by atoms with Crippen LogP contribution in [0.2, 0.25) is 0 Å². The van der Waals surface area contributed by atoms with Gasteiger partial charge < -0.3 is 10.1 Å². The summed E-state index contributed by atoms with van der Waals surface area (Å²) in [6, 6.07) is 19.6. The lowest BCUT2D eigenvalue weighted by atomic mass is 9.92. The van der Waals surface area contributed by atoms with Crippen LogP contribution < -0.4 is 10.1 Å². The number of ether oxygens (including phenoxy) is 1. The van der Waals surface area contributed by atoms with Crippen molar-refractivity contribution in [2.45, 2.75) is 32.7 Å². The van der Waals surface area contributed by atoms with Crippen molar-refractivity contribution >= 4 is 0 Å². The predicted octanol–water partition coefficient (Wildman–Crippen LogP) is 4.09. The number of rotatable bonds is 8. The van der Waals surface area contributed by atoms with Gasteiger partial charge in [0.1, 0.15) is 5.75 Å². The predicted molar refractivity (Wildman–Crippen MR) is 93.5 cm³/mol. The Bertz CT molecular complexity index is 551. The third-order valence-electron chi connectivity index (χ3n) is 3.88. The molecule has 0 aliphatic carbocycles. The summed E-state index contributed by atoms with van der Waals surface area (Å²) in [5, 5.41) is 3.58. The van der Waals surface area contributed by atoms with Crippen LogP contribution in [-0.2, 0) is 12.8 Å². The molecule has 0 fully saturated rings. The first-order chi connectivity index (χ1) is 10.7. The Balaban J connectivity index is 2.09. The third-order valence-corrected chi connectivity index (χ3v) is 3.88. The highest BCUT2D eigenvalue weighted by atomic mass is 16.5. The quantitative estimate of drug-likeness (QED) is 0.792. The van der Waals surface area contributed by atoms with E-state index in [0.29, 0.717) is 12.0 Å². The van der Waals surface area contributed by atoms with E-state index in [-0.39, 0.29) is 0 Å². The molecule has 1 atom stereocenters. The fourth-order valence-corrected chi connectivity index (χ4v) is 2.75. The lowest BCUT2D eigenvalue weighted by molar-refractivity contribution is 0.397. The van der Waals surface area contributed by atoms with Gasteiger partial charge in [-0.05, 0) is 42.5 Å². The number of hydrogen-bond donors (Lipinski definition) is 1. The summed E-state index contributed by atoms with van der Waals surface area (Å²) >= 11 is 0. The molecule has 0 bridgehead atoms. The van der Waals surface area contributed by atoms with Crippen molar-refractivity contribution < 1.29 is 4.74 Å². The summed E-state index contributed by atoms with van der Waals surface area (Å²) in [6.07, 6.45) is 2.11. The topological polar surface area (TPSA) is 21.3 Å². The molecule has 2 nitrogen and oxygen atoms in total. The molecule has 1 N–H and O–H groups in total. The Kier molecular flexibility index (Phi) is 6.47. The zero-order valence-electron chi connectivity index (χ0n) is 13.9. The zero-order chi connectivity index (χ0) is 15.8.